The van der Waals surface area contributed by atoms with Gasteiger partial charge < -0.3 is 9.80 Å². The molecule has 284 valence electrons. The summed E-state index contributed by atoms with van der Waals surface area (Å²) in [5.74, 6) is 0.407. The van der Waals surface area contributed by atoms with Gasteiger partial charge in [-0.25, -0.2) is 0 Å². The van der Waals surface area contributed by atoms with E-state index in [1.165, 1.54) is 87.6 Å². The van der Waals surface area contributed by atoms with Crippen LogP contribution in [-0.2, 0) is 6.42 Å². The summed E-state index contributed by atoms with van der Waals surface area (Å²) in [6.07, 6.45) is 21.5. The van der Waals surface area contributed by atoms with Gasteiger partial charge in [-0.3, -0.25) is 0 Å². The van der Waals surface area contributed by atoms with Crippen LogP contribution in [0.4, 0.5) is 28.4 Å². The summed E-state index contributed by atoms with van der Waals surface area (Å²) < 4.78 is 0. The molecule has 0 heterocycles. The Labute approximate surface area is 350 Å². The quantitative estimate of drug-likeness (QED) is 0.156. The second-order valence-corrected chi connectivity index (χ2v) is 16.4. The van der Waals surface area contributed by atoms with Gasteiger partial charge in [0, 0.05) is 39.4 Å². The number of benzene rings is 9. The Morgan fingerprint density at radius 1 is 0.450 bits per heavy atom. The molecule has 0 spiro atoms. The van der Waals surface area contributed by atoms with Gasteiger partial charge in [0.15, 0.2) is 0 Å². The number of rotatable bonds is 6. The molecule has 0 saturated heterocycles. The van der Waals surface area contributed by atoms with E-state index in [1.54, 1.807) is 0 Å². The smallest absolute Gasteiger partial charge is 0.0546 e. The monoisotopic (exact) mass is 766 g/mol. The Hall–Kier alpha value is -7.42. The van der Waals surface area contributed by atoms with Gasteiger partial charge >= 0.3 is 0 Å². The van der Waals surface area contributed by atoms with Gasteiger partial charge in [-0.15, -0.1) is 0 Å². The first kappa shape index (κ1) is 34.6. The molecule has 0 amide bonds. The van der Waals surface area contributed by atoms with Crippen LogP contribution >= 0.6 is 0 Å². The standard InChI is InChI=1S/C58H42N2/c1-5-17-43-33-47(29-25-39(43)13-1)59(48-30-26-40-14-2-6-18-44(40)34-48)57-37-55-52-22-10-12-24-54(52)58(38-56(55)51-21-9-11-23-53(51)57)60(49-31-27-41-15-3-7-19-45(41)35-49)50-32-28-42-16-4-8-20-46(42)36-50/h1-3,5-15,17-25,27-38,40H,4,16,26H2. The normalized spacial score (nSPS) is 15.6. The molecule has 3 aliphatic carbocycles. The molecule has 0 N–H and O–H groups in total. The predicted octanol–water partition coefficient (Wildman–Crippen LogP) is 16.0. The van der Waals surface area contributed by atoms with E-state index in [1.807, 2.05) is 0 Å². The van der Waals surface area contributed by atoms with Crippen molar-refractivity contribution in [1.29, 1.82) is 0 Å². The van der Waals surface area contributed by atoms with Gasteiger partial charge in [-0.2, -0.15) is 0 Å². The number of hydrogen-bond donors (Lipinski definition) is 0. The number of allylic oxidation sites excluding steroid dienone is 8. The molecule has 0 aromatic heterocycles. The van der Waals surface area contributed by atoms with Gasteiger partial charge in [-0.1, -0.05) is 158 Å². The molecule has 0 bridgehead atoms. The predicted molar refractivity (Wildman–Crippen MR) is 257 cm³/mol. The summed E-state index contributed by atoms with van der Waals surface area (Å²) in [7, 11) is 0. The molecule has 9 aromatic carbocycles. The highest BCUT2D eigenvalue weighted by Gasteiger charge is 2.25. The van der Waals surface area contributed by atoms with Crippen molar-refractivity contribution in [1.82, 2.24) is 0 Å². The van der Waals surface area contributed by atoms with E-state index in [4.69, 9.17) is 0 Å². The summed E-state index contributed by atoms with van der Waals surface area (Å²) in [5.41, 5.74) is 11.1. The van der Waals surface area contributed by atoms with Crippen molar-refractivity contribution in [2.45, 2.75) is 19.3 Å². The second-order valence-electron chi connectivity index (χ2n) is 16.4. The van der Waals surface area contributed by atoms with Crippen LogP contribution in [0.1, 0.15) is 24.0 Å². The molecule has 0 fully saturated rings. The molecule has 2 nitrogen and oxygen atoms in total. The lowest BCUT2D eigenvalue weighted by molar-refractivity contribution is 0.769. The molecule has 0 aliphatic heterocycles. The average molecular weight is 767 g/mol. The number of aryl methyl sites for hydroxylation is 1. The minimum absolute atomic E-state index is 0.407. The number of nitrogens with zero attached hydrogens (tertiary/aromatic N) is 2. The third-order valence-electron chi connectivity index (χ3n) is 12.9. The minimum atomic E-state index is 0.407. The molecule has 0 radical (unpaired) electrons. The van der Waals surface area contributed by atoms with E-state index in [2.05, 4.69) is 222 Å². The Balaban J connectivity index is 1.13. The van der Waals surface area contributed by atoms with Crippen LogP contribution in [0.2, 0.25) is 0 Å². The highest BCUT2D eigenvalue weighted by Crippen LogP contribution is 2.48. The van der Waals surface area contributed by atoms with Gasteiger partial charge in [0.2, 0.25) is 0 Å². The summed E-state index contributed by atoms with van der Waals surface area (Å²) >= 11 is 0. The third kappa shape index (κ3) is 5.79. The highest BCUT2D eigenvalue weighted by molar-refractivity contribution is 6.24. The second kappa shape index (κ2) is 14.1. The largest absolute Gasteiger partial charge is 0.310 e. The van der Waals surface area contributed by atoms with Crippen molar-refractivity contribution in [3.05, 3.63) is 229 Å². The molecular weight excluding hydrogens is 725 g/mol. The van der Waals surface area contributed by atoms with E-state index in [0.717, 1.165) is 36.3 Å². The third-order valence-corrected chi connectivity index (χ3v) is 12.9. The number of fused-ring (bicyclic) bond motifs is 9. The number of hydrogen-bond acceptors (Lipinski definition) is 2. The van der Waals surface area contributed by atoms with Crippen LogP contribution in [-0.4, -0.2) is 0 Å². The van der Waals surface area contributed by atoms with E-state index >= 15 is 0 Å². The number of anilines is 5. The van der Waals surface area contributed by atoms with E-state index in [-0.39, 0.29) is 0 Å². The fraction of sp³-hybridized carbons (Fsp3) is 0.0690. The maximum absolute atomic E-state index is 2.51. The fourth-order valence-electron chi connectivity index (χ4n) is 9.92. The highest BCUT2D eigenvalue weighted by atomic mass is 15.2. The van der Waals surface area contributed by atoms with Crippen molar-refractivity contribution >= 4 is 88.4 Å². The Kier molecular flexibility index (Phi) is 8.16. The summed E-state index contributed by atoms with van der Waals surface area (Å²) in [6, 6.07) is 61.2. The molecule has 1 atom stereocenters. The molecule has 2 heteroatoms. The van der Waals surface area contributed by atoms with Crippen molar-refractivity contribution < 1.29 is 0 Å². The lowest BCUT2D eigenvalue weighted by Crippen LogP contribution is -2.19. The van der Waals surface area contributed by atoms with Gasteiger partial charge in [0.25, 0.3) is 0 Å². The van der Waals surface area contributed by atoms with Crippen LogP contribution < -0.4 is 9.80 Å². The van der Waals surface area contributed by atoms with Crippen LogP contribution in [0.3, 0.4) is 0 Å². The first-order chi connectivity index (χ1) is 29.7. The summed E-state index contributed by atoms with van der Waals surface area (Å²) in [4.78, 5) is 5.00. The minimum Gasteiger partial charge on any atom is -0.310 e. The molecule has 1 unspecified atom stereocenters. The Morgan fingerprint density at radius 3 is 1.70 bits per heavy atom. The molecule has 12 rings (SSSR count). The lowest BCUT2D eigenvalue weighted by atomic mass is 9.86. The van der Waals surface area contributed by atoms with E-state index < -0.39 is 0 Å². The van der Waals surface area contributed by atoms with Crippen molar-refractivity contribution in [2.75, 3.05) is 9.80 Å². The molecule has 3 aliphatic rings. The first-order valence-electron chi connectivity index (χ1n) is 21.2. The average Bonchev–Trinajstić information content (AvgIpc) is 3.31. The Bertz CT molecular complexity index is 3380. The zero-order chi connectivity index (χ0) is 39.6. The van der Waals surface area contributed by atoms with Crippen molar-refractivity contribution in [3.8, 4) is 0 Å². The fourth-order valence-corrected chi connectivity index (χ4v) is 9.92. The van der Waals surface area contributed by atoms with Gasteiger partial charge in [0.1, 0.15) is 0 Å². The van der Waals surface area contributed by atoms with Crippen LogP contribution in [0.5, 0.6) is 0 Å². The molecule has 60 heavy (non-hydrogen) atoms. The maximum atomic E-state index is 2.51. The van der Waals surface area contributed by atoms with Crippen LogP contribution in [0.25, 0.3) is 59.9 Å². The zero-order valence-electron chi connectivity index (χ0n) is 33.3. The maximum Gasteiger partial charge on any atom is 0.0546 e. The lowest BCUT2D eigenvalue weighted by Gasteiger charge is -2.32. The summed E-state index contributed by atoms with van der Waals surface area (Å²) in [6.45, 7) is 0. The topological polar surface area (TPSA) is 6.48 Å². The SMILES string of the molecule is C1=CC2=CC(N(c3ccc4ccccc4c3)c3cc4c5ccccc5c(N(c5ccc6c(c5)C=CCC6)c5ccc6ccccc6c5)cc4c4ccccc34)=CCC2C=C1. The zero-order valence-corrected chi connectivity index (χ0v) is 33.3. The summed E-state index contributed by atoms with van der Waals surface area (Å²) in [5, 5.41) is 12.3. The molecule has 9 aromatic rings. The molecule has 0 saturated carbocycles. The molecular formula is C58H42N2. The van der Waals surface area contributed by atoms with Crippen LogP contribution in [0.15, 0.2) is 218 Å². The van der Waals surface area contributed by atoms with E-state index in [0.29, 0.717) is 5.92 Å². The van der Waals surface area contributed by atoms with Crippen molar-refractivity contribution in [3.63, 3.8) is 0 Å². The van der Waals surface area contributed by atoms with Crippen LogP contribution in [0, 0.1) is 5.92 Å². The van der Waals surface area contributed by atoms with Gasteiger partial charge in [-0.05, 0) is 134 Å². The van der Waals surface area contributed by atoms with Crippen molar-refractivity contribution in [2.24, 2.45) is 5.92 Å². The first-order valence-corrected chi connectivity index (χ1v) is 21.2. The Morgan fingerprint density at radius 2 is 1.02 bits per heavy atom. The van der Waals surface area contributed by atoms with Gasteiger partial charge in [0.05, 0.1) is 11.4 Å². The van der Waals surface area contributed by atoms with E-state index in [9.17, 15) is 0 Å².